The molecule has 3 rings (SSSR count). The number of aryl methyl sites for hydroxylation is 1. The molecule has 1 saturated carbocycles. The molecule has 10 heteroatoms. The minimum absolute atomic E-state index is 0.0204. The molecule has 1 fully saturated rings. The summed E-state index contributed by atoms with van der Waals surface area (Å²) >= 11 is 12.2. The minimum Gasteiger partial charge on any atom is -0.345 e. The highest BCUT2D eigenvalue weighted by molar-refractivity contribution is 6.36. The predicted octanol–water partition coefficient (Wildman–Crippen LogP) is 1.76. The fraction of sp³-hybridized carbons (Fsp3) is 0.333. The molecule has 0 aliphatic heterocycles. The van der Waals surface area contributed by atoms with Crippen molar-refractivity contribution in [1.29, 1.82) is 0 Å². The maximum absolute atomic E-state index is 12.2. The Kier molecular flexibility index (Phi) is 5.90. The maximum Gasteiger partial charge on any atom is 0.327 e. The molecule has 0 radical (unpaired) electrons. The molecule has 148 valence electrons. The maximum atomic E-state index is 12.2. The summed E-state index contributed by atoms with van der Waals surface area (Å²) in [5.41, 5.74) is 7.08. The fourth-order valence-corrected chi connectivity index (χ4v) is 3.17. The van der Waals surface area contributed by atoms with Crippen LogP contribution in [0.5, 0.6) is 0 Å². The lowest BCUT2D eigenvalue weighted by Crippen LogP contribution is -2.49. The van der Waals surface area contributed by atoms with Gasteiger partial charge in [0.15, 0.2) is 0 Å². The van der Waals surface area contributed by atoms with Gasteiger partial charge < -0.3 is 5.32 Å². The summed E-state index contributed by atoms with van der Waals surface area (Å²) in [6, 6.07) is 5.12. The lowest BCUT2D eigenvalue weighted by molar-refractivity contribution is -0.140. The van der Waals surface area contributed by atoms with Crippen molar-refractivity contribution in [3.05, 3.63) is 45.2 Å². The molecular weight excluding hydrogens is 405 g/mol. The van der Waals surface area contributed by atoms with E-state index >= 15 is 0 Å². The number of amides is 3. The summed E-state index contributed by atoms with van der Waals surface area (Å²) in [7, 11) is 0. The van der Waals surface area contributed by atoms with Crippen LogP contribution in [0.2, 0.25) is 10.0 Å². The molecule has 2 aromatic rings. The van der Waals surface area contributed by atoms with Crippen molar-refractivity contribution < 1.29 is 14.4 Å². The second-order valence-corrected chi connectivity index (χ2v) is 7.43. The van der Waals surface area contributed by atoms with Gasteiger partial charge in [-0.3, -0.25) is 25.2 Å². The highest BCUT2D eigenvalue weighted by Crippen LogP contribution is 2.27. The van der Waals surface area contributed by atoms with Crippen LogP contribution in [0.4, 0.5) is 0 Å². The van der Waals surface area contributed by atoms with Crippen LogP contribution in [-0.4, -0.2) is 33.5 Å². The third-order valence-corrected chi connectivity index (χ3v) is 4.89. The van der Waals surface area contributed by atoms with Crippen molar-refractivity contribution in [2.45, 2.75) is 39.2 Å². The number of nitrogens with one attached hydrogen (secondary N) is 3. The van der Waals surface area contributed by atoms with Gasteiger partial charge in [-0.2, -0.15) is 5.10 Å². The lowest BCUT2D eigenvalue weighted by atomic mass is 10.1. The van der Waals surface area contributed by atoms with E-state index in [2.05, 4.69) is 21.3 Å². The number of hydrogen-bond donors (Lipinski definition) is 3. The first kappa shape index (κ1) is 20.2. The zero-order valence-electron chi connectivity index (χ0n) is 15.3. The number of rotatable bonds is 4. The van der Waals surface area contributed by atoms with Crippen molar-refractivity contribution >= 4 is 40.9 Å². The molecule has 3 N–H and O–H groups in total. The first-order valence-corrected chi connectivity index (χ1v) is 9.42. The molecule has 0 saturated heterocycles. The molecule has 1 heterocycles. The average molecular weight is 424 g/mol. The van der Waals surface area contributed by atoms with Crippen LogP contribution in [-0.2, 0) is 20.8 Å². The number of halogens is 2. The van der Waals surface area contributed by atoms with E-state index in [1.54, 1.807) is 29.8 Å². The van der Waals surface area contributed by atoms with Crippen molar-refractivity contribution in [2.24, 2.45) is 0 Å². The van der Waals surface area contributed by atoms with E-state index in [1.165, 1.54) is 0 Å². The first-order chi connectivity index (χ1) is 13.3. The third-order valence-electron chi connectivity index (χ3n) is 4.35. The van der Waals surface area contributed by atoms with Gasteiger partial charge in [-0.15, -0.1) is 0 Å². The number of carbonyl (C=O) groups is 3. The van der Waals surface area contributed by atoms with Crippen LogP contribution in [0.1, 0.15) is 29.8 Å². The molecular formula is C18H19Cl2N5O3. The standard InChI is InChI=1S/C18H19Cl2N5O3/c1-9-13(8-16(26)22-23-18(28)17(27)21-12-4-5-12)10(2)25(24-9)15-6-3-11(19)7-14(15)20/h3,6-7,12H,4-5,8H2,1-2H3,(H,21,27)(H,22,26)(H,23,28). The topological polar surface area (TPSA) is 105 Å². The molecule has 0 unspecified atom stereocenters. The zero-order valence-corrected chi connectivity index (χ0v) is 16.8. The van der Waals surface area contributed by atoms with E-state index in [1.807, 2.05) is 6.92 Å². The molecule has 0 atom stereocenters. The van der Waals surface area contributed by atoms with E-state index in [-0.39, 0.29) is 12.5 Å². The monoisotopic (exact) mass is 423 g/mol. The molecule has 1 aliphatic carbocycles. The number of nitrogens with zero attached hydrogens (tertiary/aromatic N) is 2. The summed E-state index contributed by atoms with van der Waals surface area (Å²) in [6.07, 6.45) is 1.71. The van der Waals surface area contributed by atoms with Gasteiger partial charge in [-0.25, -0.2) is 4.68 Å². The van der Waals surface area contributed by atoms with Gasteiger partial charge in [-0.05, 0) is 44.9 Å². The SMILES string of the molecule is Cc1nn(-c2ccc(Cl)cc2Cl)c(C)c1CC(=O)NNC(=O)C(=O)NC1CC1. The van der Waals surface area contributed by atoms with Gasteiger partial charge in [0.1, 0.15) is 0 Å². The van der Waals surface area contributed by atoms with E-state index in [0.717, 1.165) is 18.5 Å². The zero-order chi connectivity index (χ0) is 20.4. The first-order valence-electron chi connectivity index (χ1n) is 8.66. The Balaban J connectivity index is 1.65. The summed E-state index contributed by atoms with van der Waals surface area (Å²) in [5, 5.41) is 7.93. The third kappa shape index (κ3) is 4.63. The molecule has 1 aliphatic rings. The van der Waals surface area contributed by atoms with Gasteiger partial charge in [0.05, 0.1) is 22.8 Å². The van der Waals surface area contributed by atoms with E-state index < -0.39 is 17.7 Å². The van der Waals surface area contributed by atoms with Gasteiger partial charge in [0.25, 0.3) is 0 Å². The Hall–Kier alpha value is -2.58. The van der Waals surface area contributed by atoms with E-state index in [4.69, 9.17) is 23.2 Å². The quantitative estimate of drug-likeness (QED) is 0.514. The van der Waals surface area contributed by atoms with Crippen LogP contribution in [0.3, 0.4) is 0 Å². The van der Waals surface area contributed by atoms with Crippen LogP contribution < -0.4 is 16.2 Å². The summed E-state index contributed by atoms with van der Waals surface area (Å²) < 4.78 is 1.64. The summed E-state index contributed by atoms with van der Waals surface area (Å²) in [6.45, 7) is 3.59. The van der Waals surface area contributed by atoms with Gasteiger partial charge in [0.2, 0.25) is 5.91 Å². The Labute approximate surface area is 171 Å². The van der Waals surface area contributed by atoms with Crippen molar-refractivity contribution in [2.75, 3.05) is 0 Å². The minimum atomic E-state index is -0.905. The van der Waals surface area contributed by atoms with Crippen molar-refractivity contribution in [3.8, 4) is 5.69 Å². The van der Waals surface area contributed by atoms with Crippen molar-refractivity contribution in [1.82, 2.24) is 25.9 Å². The number of carbonyl (C=O) groups excluding carboxylic acids is 3. The second-order valence-electron chi connectivity index (χ2n) is 6.58. The number of benzene rings is 1. The Morgan fingerprint density at radius 1 is 1.14 bits per heavy atom. The molecule has 1 aromatic heterocycles. The number of hydrogen-bond acceptors (Lipinski definition) is 4. The smallest absolute Gasteiger partial charge is 0.327 e. The second kappa shape index (κ2) is 8.20. The predicted molar refractivity (Wildman–Crippen MR) is 104 cm³/mol. The highest BCUT2D eigenvalue weighted by atomic mass is 35.5. The van der Waals surface area contributed by atoms with Crippen LogP contribution >= 0.6 is 23.2 Å². The average Bonchev–Trinajstić information content (AvgIpc) is 3.41. The molecule has 0 spiro atoms. The summed E-state index contributed by atoms with van der Waals surface area (Å²) in [5.74, 6) is -2.14. The van der Waals surface area contributed by atoms with Crippen molar-refractivity contribution in [3.63, 3.8) is 0 Å². The number of hydrazine groups is 1. The normalized spacial score (nSPS) is 13.1. The molecule has 1 aromatic carbocycles. The number of aromatic nitrogens is 2. The Bertz CT molecular complexity index is 953. The van der Waals surface area contributed by atoms with Gasteiger partial charge >= 0.3 is 11.8 Å². The Morgan fingerprint density at radius 2 is 1.86 bits per heavy atom. The van der Waals surface area contributed by atoms with Crippen LogP contribution in [0.25, 0.3) is 5.69 Å². The molecule has 8 nitrogen and oxygen atoms in total. The largest absolute Gasteiger partial charge is 0.345 e. The van der Waals surface area contributed by atoms with Gasteiger partial charge in [-0.1, -0.05) is 23.2 Å². The van der Waals surface area contributed by atoms with E-state index in [9.17, 15) is 14.4 Å². The Morgan fingerprint density at radius 3 is 2.50 bits per heavy atom. The van der Waals surface area contributed by atoms with Gasteiger partial charge in [0, 0.05) is 22.3 Å². The molecule has 28 heavy (non-hydrogen) atoms. The van der Waals surface area contributed by atoms with Crippen LogP contribution in [0.15, 0.2) is 18.2 Å². The summed E-state index contributed by atoms with van der Waals surface area (Å²) in [4.78, 5) is 35.4. The fourth-order valence-electron chi connectivity index (χ4n) is 2.69. The highest BCUT2D eigenvalue weighted by Gasteiger charge is 2.26. The molecule has 0 bridgehead atoms. The van der Waals surface area contributed by atoms with E-state index in [0.29, 0.717) is 27.0 Å². The lowest BCUT2D eigenvalue weighted by Gasteiger charge is -2.09. The van der Waals surface area contributed by atoms with Crippen LogP contribution in [0, 0.1) is 13.8 Å². The molecule has 3 amide bonds.